The molecule has 2 heterocycles. The van der Waals surface area contributed by atoms with Crippen molar-refractivity contribution in [1.29, 1.82) is 0 Å². The van der Waals surface area contributed by atoms with Crippen LogP contribution in [0.25, 0.3) is 5.52 Å². The van der Waals surface area contributed by atoms with Gasteiger partial charge in [0.25, 0.3) is 0 Å². The Balaban J connectivity index is 1.42. The topological polar surface area (TPSA) is 80.5 Å². The van der Waals surface area contributed by atoms with E-state index < -0.39 is 9.84 Å². The number of rotatable bonds is 8. The van der Waals surface area contributed by atoms with Gasteiger partial charge in [-0.3, -0.25) is 4.79 Å². The summed E-state index contributed by atoms with van der Waals surface area (Å²) in [4.78, 5) is 16.6. The van der Waals surface area contributed by atoms with Crippen molar-refractivity contribution >= 4 is 21.3 Å². The van der Waals surface area contributed by atoms with Crippen LogP contribution >= 0.6 is 0 Å². The normalized spacial score (nSPS) is 11.6. The van der Waals surface area contributed by atoms with Crippen LogP contribution in [0, 0.1) is 6.92 Å². The molecule has 3 rings (SSSR count). The second-order valence-corrected chi connectivity index (χ2v) is 8.61. The van der Waals surface area contributed by atoms with Gasteiger partial charge >= 0.3 is 0 Å². The number of nitrogens with zero attached hydrogens (tertiary/aromatic N) is 2. The predicted octanol–water partition coefficient (Wildman–Crippen LogP) is 2.56. The van der Waals surface area contributed by atoms with E-state index >= 15 is 0 Å². The van der Waals surface area contributed by atoms with Crippen molar-refractivity contribution in [3.63, 3.8) is 0 Å². The maximum atomic E-state index is 12.3. The van der Waals surface area contributed by atoms with Gasteiger partial charge < -0.3 is 9.72 Å². The molecule has 27 heavy (non-hydrogen) atoms. The molecule has 2 aromatic heterocycles. The van der Waals surface area contributed by atoms with Gasteiger partial charge in [0.05, 0.1) is 22.4 Å². The number of carbonyl (C=O) groups excluding carboxylic acids is 1. The molecule has 142 valence electrons. The smallest absolute Gasteiger partial charge is 0.221 e. The first kappa shape index (κ1) is 19.1. The fraction of sp³-hybridized carbons (Fsp3) is 0.300. The third-order valence-corrected chi connectivity index (χ3v) is 6.12. The van der Waals surface area contributed by atoms with Crippen LogP contribution in [0.4, 0.5) is 0 Å². The Hall–Kier alpha value is -2.67. The van der Waals surface area contributed by atoms with Crippen LogP contribution in [0.15, 0.2) is 59.8 Å². The standard InChI is InChI=1S/C20H23N3O3S/c1-16-7-9-18(10-8-16)27(25,26)14-11-20(24)21-12-4-6-19-22-15-17-5-2-3-13-23(17)19/h2-3,5,7-10,13,15H,4,6,11-12,14H2,1H3,(H,21,24). The second-order valence-electron chi connectivity index (χ2n) is 6.51. The first-order valence-electron chi connectivity index (χ1n) is 8.93. The molecule has 1 amide bonds. The lowest BCUT2D eigenvalue weighted by Gasteiger charge is -2.07. The average molecular weight is 385 g/mol. The molecule has 0 saturated carbocycles. The van der Waals surface area contributed by atoms with E-state index in [1.807, 2.05) is 41.9 Å². The molecule has 6 nitrogen and oxygen atoms in total. The summed E-state index contributed by atoms with van der Waals surface area (Å²) in [5.74, 6) is 0.507. The maximum absolute atomic E-state index is 12.3. The summed E-state index contributed by atoms with van der Waals surface area (Å²) in [7, 11) is -3.44. The number of sulfone groups is 1. The number of aromatic nitrogens is 2. The van der Waals surface area contributed by atoms with E-state index in [2.05, 4.69) is 10.3 Å². The lowest BCUT2D eigenvalue weighted by atomic mass is 10.2. The molecule has 0 fully saturated rings. The molecule has 3 aromatic rings. The van der Waals surface area contributed by atoms with Crippen molar-refractivity contribution in [3.05, 3.63) is 66.2 Å². The lowest BCUT2D eigenvalue weighted by molar-refractivity contribution is -0.120. The zero-order chi connectivity index (χ0) is 19.3. The highest BCUT2D eigenvalue weighted by Gasteiger charge is 2.16. The summed E-state index contributed by atoms with van der Waals surface area (Å²) in [6.45, 7) is 2.39. The maximum Gasteiger partial charge on any atom is 0.221 e. The second kappa shape index (κ2) is 8.35. The third kappa shape index (κ3) is 4.95. The highest BCUT2D eigenvalue weighted by atomic mass is 32.2. The molecule has 0 saturated heterocycles. The highest BCUT2D eigenvalue weighted by molar-refractivity contribution is 7.91. The minimum absolute atomic E-state index is 0.0392. The number of carbonyl (C=O) groups is 1. The lowest BCUT2D eigenvalue weighted by Crippen LogP contribution is -2.27. The van der Waals surface area contributed by atoms with E-state index in [4.69, 9.17) is 0 Å². The van der Waals surface area contributed by atoms with Crippen LogP contribution < -0.4 is 5.32 Å². The number of hydrogen-bond donors (Lipinski definition) is 1. The Bertz CT molecular complexity index is 1020. The molecule has 0 spiro atoms. The number of benzene rings is 1. The van der Waals surface area contributed by atoms with Crippen LogP contribution in [-0.4, -0.2) is 36.0 Å². The zero-order valence-electron chi connectivity index (χ0n) is 15.3. The van der Waals surface area contributed by atoms with Gasteiger partial charge in [-0.05, 0) is 37.6 Å². The highest BCUT2D eigenvalue weighted by Crippen LogP contribution is 2.13. The molecule has 0 radical (unpaired) electrons. The molecular weight excluding hydrogens is 362 g/mol. The van der Waals surface area contributed by atoms with E-state index in [0.717, 1.165) is 29.7 Å². The van der Waals surface area contributed by atoms with Crippen molar-refractivity contribution < 1.29 is 13.2 Å². The minimum atomic E-state index is -3.44. The SMILES string of the molecule is Cc1ccc(S(=O)(=O)CCC(=O)NCCCc2ncc3ccccn23)cc1. The third-order valence-electron chi connectivity index (χ3n) is 4.39. The molecular formula is C20H23N3O3S. The number of aryl methyl sites for hydroxylation is 2. The fourth-order valence-electron chi connectivity index (χ4n) is 2.84. The number of fused-ring (bicyclic) bond motifs is 1. The summed E-state index contributed by atoms with van der Waals surface area (Å²) >= 11 is 0. The summed E-state index contributed by atoms with van der Waals surface area (Å²) in [5, 5.41) is 2.79. The van der Waals surface area contributed by atoms with Gasteiger partial charge in [0, 0.05) is 25.6 Å². The van der Waals surface area contributed by atoms with Crippen molar-refractivity contribution in [3.8, 4) is 0 Å². The number of amides is 1. The zero-order valence-corrected chi connectivity index (χ0v) is 16.1. The molecule has 1 N–H and O–H groups in total. The Morgan fingerprint density at radius 1 is 1.15 bits per heavy atom. The Morgan fingerprint density at radius 2 is 1.93 bits per heavy atom. The fourth-order valence-corrected chi connectivity index (χ4v) is 4.08. The molecule has 1 aromatic carbocycles. The van der Waals surface area contributed by atoms with Gasteiger partial charge in [-0.25, -0.2) is 13.4 Å². The van der Waals surface area contributed by atoms with Gasteiger partial charge in [-0.1, -0.05) is 23.8 Å². The summed E-state index contributed by atoms with van der Waals surface area (Å²) < 4.78 is 26.6. The van der Waals surface area contributed by atoms with Crippen molar-refractivity contribution in [1.82, 2.24) is 14.7 Å². The van der Waals surface area contributed by atoms with E-state index in [1.54, 1.807) is 24.3 Å². The molecule has 0 bridgehead atoms. The average Bonchev–Trinajstić information content (AvgIpc) is 3.07. The summed E-state index contributed by atoms with van der Waals surface area (Å²) in [5.41, 5.74) is 2.04. The quantitative estimate of drug-likeness (QED) is 0.604. The first-order valence-corrected chi connectivity index (χ1v) is 10.6. The predicted molar refractivity (Wildman–Crippen MR) is 104 cm³/mol. The Kier molecular flexibility index (Phi) is 5.91. The molecule has 0 atom stereocenters. The van der Waals surface area contributed by atoms with Gasteiger partial charge in [0.15, 0.2) is 9.84 Å². The number of nitrogens with one attached hydrogen (secondary N) is 1. The van der Waals surface area contributed by atoms with Crippen molar-refractivity contribution in [2.75, 3.05) is 12.3 Å². The van der Waals surface area contributed by atoms with Crippen molar-refractivity contribution in [2.24, 2.45) is 0 Å². The van der Waals surface area contributed by atoms with E-state index in [-0.39, 0.29) is 23.0 Å². The van der Waals surface area contributed by atoms with Gasteiger partial charge in [0.1, 0.15) is 5.82 Å². The van der Waals surface area contributed by atoms with Crippen LogP contribution in [-0.2, 0) is 21.1 Å². The van der Waals surface area contributed by atoms with E-state index in [0.29, 0.717) is 6.54 Å². The first-order chi connectivity index (χ1) is 13.0. The molecule has 0 aliphatic carbocycles. The molecule has 0 aliphatic heterocycles. The monoisotopic (exact) mass is 385 g/mol. The van der Waals surface area contributed by atoms with E-state index in [9.17, 15) is 13.2 Å². The number of imidazole rings is 1. The van der Waals surface area contributed by atoms with Crippen LogP contribution in [0.1, 0.15) is 24.2 Å². The Labute approximate surface area is 159 Å². The Morgan fingerprint density at radius 3 is 2.70 bits per heavy atom. The summed E-state index contributed by atoms with van der Waals surface area (Å²) in [6, 6.07) is 12.6. The molecule has 0 aliphatic rings. The number of pyridine rings is 1. The largest absolute Gasteiger partial charge is 0.356 e. The summed E-state index contributed by atoms with van der Waals surface area (Å²) in [6.07, 6.45) is 5.23. The van der Waals surface area contributed by atoms with Crippen LogP contribution in [0.3, 0.4) is 0 Å². The number of hydrogen-bond acceptors (Lipinski definition) is 4. The van der Waals surface area contributed by atoms with Gasteiger partial charge in [-0.15, -0.1) is 0 Å². The minimum Gasteiger partial charge on any atom is -0.356 e. The van der Waals surface area contributed by atoms with Crippen molar-refractivity contribution in [2.45, 2.75) is 31.1 Å². The van der Waals surface area contributed by atoms with Gasteiger partial charge in [-0.2, -0.15) is 0 Å². The van der Waals surface area contributed by atoms with Gasteiger partial charge in [0.2, 0.25) is 5.91 Å². The van der Waals surface area contributed by atoms with Crippen LogP contribution in [0.2, 0.25) is 0 Å². The molecule has 0 unspecified atom stereocenters. The molecule has 7 heteroatoms. The van der Waals surface area contributed by atoms with Crippen LogP contribution in [0.5, 0.6) is 0 Å². The van der Waals surface area contributed by atoms with E-state index in [1.165, 1.54) is 0 Å².